The average Bonchev–Trinajstić information content (AvgIpc) is 4.09. The minimum atomic E-state index is -0.842. The predicted molar refractivity (Wildman–Crippen MR) is 268 cm³/mol. The zero-order valence-corrected chi connectivity index (χ0v) is 40.5. The van der Waals surface area contributed by atoms with Gasteiger partial charge >= 0.3 is 5.69 Å². The van der Waals surface area contributed by atoms with Crippen LogP contribution in [0.2, 0.25) is 0 Å². The second-order valence-corrected chi connectivity index (χ2v) is 20.8. The number of anilines is 1. The van der Waals surface area contributed by atoms with Gasteiger partial charge in [0.05, 0.1) is 11.0 Å². The van der Waals surface area contributed by atoms with Gasteiger partial charge in [0.1, 0.15) is 23.3 Å². The maximum absolute atomic E-state index is 15.9. The Labute approximate surface area is 407 Å². The van der Waals surface area contributed by atoms with Gasteiger partial charge in [-0.15, -0.1) is 0 Å². The monoisotopic (exact) mass is 950 g/mol. The number of nitrogens with zero attached hydrogens (tertiary/aromatic N) is 9. The number of fused-ring (bicyclic) bond motifs is 2. The quantitative estimate of drug-likeness (QED) is 0.133. The Morgan fingerprint density at radius 1 is 0.857 bits per heavy atom. The zero-order valence-electron chi connectivity index (χ0n) is 40.5. The summed E-state index contributed by atoms with van der Waals surface area (Å²) < 4.78 is 21.3. The molecule has 3 N–H and O–H groups in total. The lowest BCUT2D eigenvalue weighted by atomic mass is 9.88. The number of carbonyl (C=O) groups is 3. The van der Waals surface area contributed by atoms with Crippen LogP contribution in [0.15, 0.2) is 77.9 Å². The highest BCUT2D eigenvalue weighted by molar-refractivity contribution is 6.00. The molecule has 70 heavy (non-hydrogen) atoms. The summed E-state index contributed by atoms with van der Waals surface area (Å²) in [5.41, 5.74) is 13.6. The number of likely N-dealkylation sites (tertiary alicyclic amines) is 2. The Balaban J connectivity index is 0.651. The van der Waals surface area contributed by atoms with E-state index in [0.29, 0.717) is 40.8 Å². The fraction of sp³-hybridized carbons (Fsp3) is 0.481. The van der Waals surface area contributed by atoms with E-state index in [-0.39, 0.29) is 48.5 Å². The molecule has 8 heterocycles. The number of rotatable bonds is 11. The van der Waals surface area contributed by atoms with E-state index in [1.54, 1.807) is 4.57 Å². The molecule has 3 amide bonds. The molecule has 1 aliphatic carbocycles. The van der Waals surface area contributed by atoms with E-state index in [9.17, 15) is 19.2 Å². The third-order valence-corrected chi connectivity index (χ3v) is 16.3. The lowest BCUT2D eigenvalue weighted by Gasteiger charge is -2.42. The van der Waals surface area contributed by atoms with Crippen LogP contribution in [0.3, 0.4) is 0 Å². The molecular formula is C54H64FN11O4. The van der Waals surface area contributed by atoms with Crippen molar-refractivity contribution in [1.82, 2.24) is 48.6 Å². The molecule has 3 atom stereocenters. The Kier molecular flexibility index (Phi) is 12.4. The Morgan fingerprint density at radius 2 is 1.61 bits per heavy atom. The Bertz CT molecular complexity index is 3020. The molecule has 6 aromatic rings. The van der Waals surface area contributed by atoms with Crippen molar-refractivity contribution in [2.24, 2.45) is 13.0 Å². The number of halogens is 1. The highest BCUT2D eigenvalue weighted by Crippen LogP contribution is 2.39. The van der Waals surface area contributed by atoms with Crippen LogP contribution >= 0.6 is 0 Å². The molecule has 366 valence electrons. The number of nitrogens with two attached hydrogens (primary N) is 1. The van der Waals surface area contributed by atoms with Crippen LogP contribution in [0, 0.1) is 11.7 Å². The van der Waals surface area contributed by atoms with Crippen LogP contribution in [0.5, 0.6) is 0 Å². The lowest BCUT2D eigenvalue weighted by molar-refractivity contribution is -0.135. The van der Waals surface area contributed by atoms with Crippen LogP contribution in [0.25, 0.3) is 33.2 Å². The number of hydrogen-bond acceptors (Lipinski definition) is 10. The van der Waals surface area contributed by atoms with Crippen molar-refractivity contribution >= 4 is 45.6 Å². The molecule has 4 saturated heterocycles. The van der Waals surface area contributed by atoms with Gasteiger partial charge in [-0.3, -0.25) is 43.5 Å². The molecule has 5 fully saturated rings. The molecule has 0 radical (unpaired) electrons. The number of aromatic nitrogens is 5. The number of hydrogen-bond donors (Lipinski definition) is 2. The van der Waals surface area contributed by atoms with E-state index >= 15 is 4.39 Å². The van der Waals surface area contributed by atoms with Crippen LogP contribution in [0.1, 0.15) is 116 Å². The first-order chi connectivity index (χ1) is 33.9. The standard InChI is InChI=1S/C54H64FN11O4/c1-33-30-61(32-40-26-47-48(28-44(40)55)66(54(70)65(47)41-9-10-41)45-11-13-50(67)59-52(45)68)24-25-64(33)31-35-15-20-63(21-16-35)53(69)38-6-4-36(5-7-38)37-17-22-62(23-18-37)34(2)46-27-43-42(14-19-57-51(43)60(46)3)39-8-12-49(56)58-29-39/h4-8,12,14,19,26-29,33-35,37,41,45H,9-11,13,15-18,20-25,30-32H2,1-3H3,(H2,56,58)(H,59,67,68)/t33-,34-,45?/m0/s1. The minimum absolute atomic E-state index is 0.0382. The molecule has 1 saturated carbocycles. The molecule has 1 unspecified atom stereocenters. The van der Waals surface area contributed by atoms with Crippen LogP contribution < -0.4 is 16.7 Å². The molecule has 0 spiro atoms. The normalized spacial score (nSPS) is 22.0. The van der Waals surface area contributed by atoms with E-state index in [1.165, 1.54) is 21.9 Å². The van der Waals surface area contributed by atoms with E-state index in [0.717, 1.165) is 119 Å². The maximum atomic E-state index is 15.9. The SMILES string of the molecule is C[C@H]1CN(Cc2cc3c(cc2F)n(C2CCC(=O)NC2=O)c(=O)n3C2CC2)CCN1CC1CCN(C(=O)c2ccc(C3CCN([C@@H](C)c4cc5c(-c6ccc(N)nc6)ccnc5n4C)CC3)cc2)CC1. The Morgan fingerprint density at radius 3 is 2.31 bits per heavy atom. The molecule has 5 aliphatic rings. The summed E-state index contributed by atoms with van der Waals surface area (Å²) in [5.74, 6) is 0.318. The number of imide groups is 1. The fourth-order valence-corrected chi connectivity index (χ4v) is 12.1. The lowest BCUT2D eigenvalue weighted by Crippen LogP contribution is -2.53. The third-order valence-electron chi connectivity index (χ3n) is 16.3. The van der Waals surface area contributed by atoms with Crippen molar-refractivity contribution in [1.29, 1.82) is 0 Å². The first kappa shape index (κ1) is 46.2. The van der Waals surface area contributed by atoms with Crippen molar-refractivity contribution in [3.05, 3.63) is 112 Å². The number of nitrogen functional groups attached to an aromatic ring is 1. The highest BCUT2D eigenvalue weighted by atomic mass is 19.1. The summed E-state index contributed by atoms with van der Waals surface area (Å²) in [4.78, 5) is 70.7. The molecular weight excluding hydrogens is 886 g/mol. The van der Waals surface area contributed by atoms with Crippen molar-refractivity contribution in [3.8, 4) is 11.1 Å². The van der Waals surface area contributed by atoms with Crippen molar-refractivity contribution in [2.45, 2.75) is 102 Å². The fourth-order valence-electron chi connectivity index (χ4n) is 12.1. The summed E-state index contributed by atoms with van der Waals surface area (Å²) in [6.45, 7) is 11.9. The first-order valence-electron chi connectivity index (χ1n) is 25.4. The van der Waals surface area contributed by atoms with E-state index in [4.69, 9.17) is 10.7 Å². The van der Waals surface area contributed by atoms with Crippen LogP contribution in [-0.4, -0.2) is 119 Å². The first-order valence-corrected chi connectivity index (χ1v) is 25.4. The number of piperazine rings is 1. The number of benzene rings is 2. The van der Waals surface area contributed by atoms with E-state index in [2.05, 4.69) is 68.7 Å². The third kappa shape index (κ3) is 8.83. The number of carbonyl (C=O) groups excluding carboxylic acids is 3. The topological polar surface area (TPSA) is 160 Å². The maximum Gasteiger partial charge on any atom is 0.330 e. The van der Waals surface area contributed by atoms with Gasteiger partial charge in [0, 0.05) is 124 Å². The van der Waals surface area contributed by atoms with Gasteiger partial charge in [-0.25, -0.2) is 19.2 Å². The molecule has 4 aliphatic heterocycles. The van der Waals surface area contributed by atoms with Gasteiger partial charge in [-0.1, -0.05) is 12.1 Å². The molecule has 4 aromatic heterocycles. The van der Waals surface area contributed by atoms with Gasteiger partial charge in [0.15, 0.2) is 0 Å². The number of aryl methyl sites for hydroxylation is 1. The number of imidazole rings is 1. The van der Waals surface area contributed by atoms with Crippen LogP contribution in [0.4, 0.5) is 10.2 Å². The molecule has 15 nitrogen and oxygen atoms in total. The van der Waals surface area contributed by atoms with E-state index < -0.39 is 17.8 Å². The van der Waals surface area contributed by atoms with Crippen molar-refractivity contribution in [3.63, 3.8) is 0 Å². The number of pyridine rings is 2. The average molecular weight is 950 g/mol. The highest BCUT2D eigenvalue weighted by Gasteiger charge is 2.37. The molecule has 16 heteroatoms. The molecule has 11 rings (SSSR count). The van der Waals surface area contributed by atoms with Gasteiger partial charge in [0.25, 0.3) is 5.91 Å². The summed E-state index contributed by atoms with van der Waals surface area (Å²) in [7, 11) is 2.11. The number of nitrogens with one attached hydrogen (secondary N) is 1. The van der Waals surface area contributed by atoms with E-state index in [1.807, 2.05) is 53.7 Å². The van der Waals surface area contributed by atoms with Gasteiger partial charge in [0.2, 0.25) is 11.8 Å². The van der Waals surface area contributed by atoms with Gasteiger partial charge < -0.3 is 15.2 Å². The summed E-state index contributed by atoms with van der Waals surface area (Å²) >= 11 is 0. The smallest absolute Gasteiger partial charge is 0.330 e. The van der Waals surface area contributed by atoms with Gasteiger partial charge in [-0.2, -0.15) is 0 Å². The molecule has 2 aromatic carbocycles. The summed E-state index contributed by atoms with van der Waals surface area (Å²) in [5, 5.41) is 3.47. The number of amides is 3. The predicted octanol–water partition coefficient (Wildman–Crippen LogP) is 6.78. The van der Waals surface area contributed by atoms with Crippen molar-refractivity contribution in [2.75, 3.05) is 58.1 Å². The molecule has 0 bridgehead atoms. The summed E-state index contributed by atoms with van der Waals surface area (Å²) in [6.07, 6.45) is 9.85. The Hall–Kier alpha value is -6.23. The zero-order chi connectivity index (χ0) is 48.4. The minimum Gasteiger partial charge on any atom is -0.384 e. The van der Waals surface area contributed by atoms with Crippen molar-refractivity contribution < 1.29 is 18.8 Å². The second kappa shape index (κ2) is 18.8. The number of piperidine rings is 3. The summed E-state index contributed by atoms with van der Waals surface area (Å²) in [6, 6.07) is 19.5. The van der Waals surface area contributed by atoms with Gasteiger partial charge in [-0.05, 0) is 137 Å². The second-order valence-electron chi connectivity index (χ2n) is 20.8. The largest absolute Gasteiger partial charge is 0.384 e. The van der Waals surface area contributed by atoms with Crippen LogP contribution in [-0.2, 0) is 23.2 Å².